The highest BCUT2D eigenvalue weighted by Crippen LogP contribution is 2.01. The van der Waals surface area contributed by atoms with Gasteiger partial charge in [-0.3, -0.25) is 4.79 Å². The van der Waals surface area contributed by atoms with Crippen molar-refractivity contribution in [2.45, 2.75) is 0 Å². The van der Waals surface area contributed by atoms with Crippen molar-refractivity contribution in [3.8, 4) is 6.07 Å². The smallest absolute Gasteiger partial charge is 0.344 e. The number of aromatic amines is 1. The molecule has 0 aliphatic carbocycles. The van der Waals surface area contributed by atoms with Gasteiger partial charge in [0, 0.05) is 6.20 Å². The van der Waals surface area contributed by atoms with Crippen LogP contribution < -0.4 is 5.56 Å². The third kappa shape index (κ3) is 1.56. The topological polar surface area (TPSA) is 82.9 Å². The zero-order chi connectivity index (χ0) is 9.84. The Morgan fingerprint density at radius 1 is 1.69 bits per heavy atom. The molecular weight excluding hydrogens is 172 g/mol. The van der Waals surface area contributed by atoms with E-state index in [4.69, 9.17) is 5.26 Å². The Bertz CT molecular complexity index is 428. The van der Waals surface area contributed by atoms with Crippen molar-refractivity contribution in [2.75, 3.05) is 7.11 Å². The van der Waals surface area contributed by atoms with Gasteiger partial charge < -0.3 is 9.72 Å². The Morgan fingerprint density at radius 2 is 2.38 bits per heavy atom. The van der Waals surface area contributed by atoms with E-state index in [0.29, 0.717) is 0 Å². The van der Waals surface area contributed by atoms with E-state index in [-0.39, 0.29) is 11.1 Å². The molecular formula is C8H6N2O3. The van der Waals surface area contributed by atoms with Crippen LogP contribution in [0.2, 0.25) is 0 Å². The van der Waals surface area contributed by atoms with Gasteiger partial charge in [0.05, 0.1) is 12.7 Å². The van der Waals surface area contributed by atoms with Crippen LogP contribution >= 0.6 is 0 Å². The molecule has 5 nitrogen and oxygen atoms in total. The molecule has 0 radical (unpaired) electrons. The van der Waals surface area contributed by atoms with Gasteiger partial charge in [-0.15, -0.1) is 0 Å². The summed E-state index contributed by atoms with van der Waals surface area (Å²) in [7, 11) is 1.15. The number of nitrogens with zero attached hydrogens (tertiary/aromatic N) is 1. The molecule has 0 saturated heterocycles. The van der Waals surface area contributed by atoms with Gasteiger partial charge >= 0.3 is 5.97 Å². The highest BCUT2D eigenvalue weighted by Gasteiger charge is 2.15. The van der Waals surface area contributed by atoms with E-state index in [1.807, 2.05) is 0 Å². The summed E-state index contributed by atoms with van der Waals surface area (Å²) in [6.45, 7) is 0. The number of aromatic nitrogens is 1. The van der Waals surface area contributed by atoms with Crippen LogP contribution in [0.25, 0.3) is 0 Å². The van der Waals surface area contributed by atoms with Crippen LogP contribution in [-0.2, 0) is 4.74 Å². The molecule has 0 amide bonds. The van der Waals surface area contributed by atoms with E-state index in [0.717, 1.165) is 7.11 Å². The molecule has 0 aliphatic rings. The van der Waals surface area contributed by atoms with Gasteiger partial charge in [-0.05, 0) is 6.07 Å². The van der Waals surface area contributed by atoms with Crippen LogP contribution in [0.3, 0.4) is 0 Å². The summed E-state index contributed by atoms with van der Waals surface area (Å²) in [6, 6.07) is 3.07. The molecule has 1 N–H and O–H groups in total. The maximum absolute atomic E-state index is 11.1. The SMILES string of the molecule is COC(=O)c1c(C#N)cc[nH]c1=O. The summed E-state index contributed by atoms with van der Waals surface area (Å²) in [6.07, 6.45) is 1.30. The Kier molecular flexibility index (Phi) is 2.45. The number of hydrogen-bond donors (Lipinski definition) is 1. The van der Waals surface area contributed by atoms with E-state index in [2.05, 4.69) is 9.72 Å². The summed E-state index contributed by atoms with van der Waals surface area (Å²) >= 11 is 0. The molecule has 66 valence electrons. The minimum Gasteiger partial charge on any atom is -0.465 e. The number of carbonyl (C=O) groups is 1. The molecule has 0 unspecified atom stereocenters. The number of pyridine rings is 1. The summed E-state index contributed by atoms with van der Waals surface area (Å²) in [5.41, 5.74) is -0.867. The van der Waals surface area contributed by atoms with E-state index >= 15 is 0 Å². The van der Waals surface area contributed by atoms with E-state index in [1.165, 1.54) is 12.3 Å². The first kappa shape index (κ1) is 9.00. The normalized spacial score (nSPS) is 8.92. The molecule has 0 spiro atoms. The quantitative estimate of drug-likeness (QED) is 0.615. The molecule has 0 bridgehead atoms. The Morgan fingerprint density at radius 3 is 2.92 bits per heavy atom. The molecule has 5 heteroatoms. The predicted octanol–water partition coefficient (Wildman–Crippen LogP) is 0.0332. The van der Waals surface area contributed by atoms with E-state index in [9.17, 15) is 9.59 Å². The number of carbonyl (C=O) groups excluding carboxylic acids is 1. The Hall–Kier alpha value is -2.09. The van der Waals surface area contributed by atoms with Crippen molar-refractivity contribution in [3.63, 3.8) is 0 Å². The highest BCUT2D eigenvalue weighted by molar-refractivity contribution is 5.91. The van der Waals surface area contributed by atoms with E-state index < -0.39 is 11.5 Å². The third-order valence-corrected chi connectivity index (χ3v) is 1.47. The van der Waals surface area contributed by atoms with Gasteiger partial charge in [0.25, 0.3) is 5.56 Å². The largest absolute Gasteiger partial charge is 0.465 e. The van der Waals surface area contributed by atoms with Crippen molar-refractivity contribution in [1.82, 2.24) is 4.98 Å². The molecule has 1 aromatic heterocycles. The zero-order valence-corrected chi connectivity index (χ0v) is 6.83. The Labute approximate surface area is 73.6 Å². The predicted molar refractivity (Wildman–Crippen MR) is 43.1 cm³/mol. The van der Waals surface area contributed by atoms with Crippen molar-refractivity contribution in [3.05, 3.63) is 33.7 Å². The molecule has 13 heavy (non-hydrogen) atoms. The number of nitriles is 1. The fraction of sp³-hybridized carbons (Fsp3) is 0.125. The number of hydrogen-bond acceptors (Lipinski definition) is 4. The van der Waals surface area contributed by atoms with E-state index in [1.54, 1.807) is 6.07 Å². The van der Waals surface area contributed by atoms with Crippen molar-refractivity contribution in [2.24, 2.45) is 0 Å². The van der Waals surface area contributed by atoms with Crippen LogP contribution in [-0.4, -0.2) is 18.1 Å². The first-order valence-electron chi connectivity index (χ1n) is 3.40. The summed E-state index contributed by atoms with van der Waals surface area (Å²) in [5, 5.41) is 8.58. The maximum atomic E-state index is 11.1. The number of rotatable bonds is 1. The first-order valence-corrected chi connectivity index (χ1v) is 3.40. The fourth-order valence-electron chi connectivity index (χ4n) is 0.876. The lowest BCUT2D eigenvalue weighted by atomic mass is 10.1. The molecule has 1 rings (SSSR count). The molecule has 0 atom stereocenters. The standard InChI is InChI=1S/C8H6N2O3/c1-13-8(12)6-5(4-9)2-3-10-7(6)11/h2-3H,1H3,(H,10,11). The minimum absolute atomic E-state index is 0.00981. The molecule has 1 aromatic rings. The second-order valence-corrected chi connectivity index (χ2v) is 2.20. The molecule has 0 saturated carbocycles. The van der Waals surface area contributed by atoms with Crippen LogP contribution in [0, 0.1) is 11.3 Å². The number of ether oxygens (including phenoxy) is 1. The lowest BCUT2D eigenvalue weighted by Gasteiger charge is -1.98. The third-order valence-electron chi connectivity index (χ3n) is 1.47. The summed E-state index contributed by atoms with van der Waals surface area (Å²) < 4.78 is 4.35. The number of methoxy groups -OCH3 is 1. The number of nitrogens with one attached hydrogen (secondary N) is 1. The van der Waals surface area contributed by atoms with Gasteiger partial charge in [0.1, 0.15) is 11.6 Å². The van der Waals surface area contributed by atoms with Crippen LogP contribution in [0.4, 0.5) is 0 Å². The Balaban J connectivity index is 3.42. The molecule has 0 fully saturated rings. The molecule has 1 heterocycles. The van der Waals surface area contributed by atoms with Crippen LogP contribution in [0.5, 0.6) is 0 Å². The average Bonchev–Trinajstić information content (AvgIpc) is 2.16. The first-order chi connectivity index (χ1) is 6.20. The van der Waals surface area contributed by atoms with Gasteiger partial charge in [0.15, 0.2) is 0 Å². The van der Waals surface area contributed by atoms with Gasteiger partial charge in [-0.2, -0.15) is 5.26 Å². The van der Waals surface area contributed by atoms with Crippen LogP contribution in [0.1, 0.15) is 15.9 Å². The zero-order valence-electron chi connectivity index (χ0n) is 6.83. The fourth-order valence-corrected chi connectivity index (χ4v) is 0.876. The molecule has 0 aromatic carbocycles. The summed E-state index contributed by atoms with van der Waals surface area (Å²) in [4.78, 5) is 24.4. The maximum Gasteiger partial charge on any atom is 0.344 e. The summed E-state index contributed by atoms with van der Waals surface area (Å²) in [5.74, 6) is -0.807. The lowest BCUT2D eigenvalue weighted by molar-refractivity contribution is 0.0598. The monoisotopic (exact) mass is 178 g/mol. The molecule has 0 aliphatic heterocycles. The highest BCUT2D eigenvalue weighted by atomic mass is 16.5. The second kappa shape index (κ2) is 3.54. The minimum atomic E-state index is -0.807. The van der Waals surface area contributed by atoms with Crippen molar-refractivity contribution < 1.29 is 9.53 Å². The van der Waals surface area contributed by atoms with Crippen molar-refractivity contribution >= 4 is 5.97 Å². The average molecular weight is 178 g/mol. The number of H-pyrrole nitrogens is 1. The van der Waals surface area contributed by atoms with Gasteiger partial charge in [-0.1, -0.05) is 0 Å². The number of esters is 1. The van der Waals surface area contributed by atoms with Crippen LogP contribution in [0.15, 0.2) is 17.1 Å². The lowest BCUT2D eigenvalue weighted by Crippen LogP contribution is -2.20. The van der Waals surface area contributed by atoms with Gasteiger partial charge in [0.2, 0.25) is 0 Å². The second-order valence-electron chi connectivity index (χ2n) is 2.20. The van der Waals surface area contributed by atoms with Gasteiger partial charge in [-0.25, -0.2) is 4.79 Å². The van der Waals surface area contributed by atoms with Crippen molar-refractivity contribution in [1.29, 1.82) is 5.26 Å².